The Bertz CT molecular complexity index is 637. The molecule has 0 spiro atoms. The van der Waals surface area contributed by atoms with E-state index in [1.54, 1.807) is 12.1 Å². The van der Waals surface area contributed by atoms with Crippen LogP contribution in [0.5, 0.6) is 0 Å². The molecular formula is C12H14BrNO3S2. The molecule has 2 N–H and O–H groups in total. The van der Waals surface area contributed by atoms with Gasteiger partial charge in [-0.05, 0) is 58.8 Å². The maximum Gasteiger partial charge on any atom is 0.250 e. The number of hydrogen-bond acceptors (Lipinski definition) is 4. The van der Waals surface area contributed by atoms with Crippen LogP contribution in [-0.2, 0) is 10.0 Å². The van der Waals surface area contributed by atoms with E-state index >= 15 is 0 Å². The average molecular weight is 364 g/mol. The molecule has 1 aromatic heterocycles. The lowest BCUT2D eigenvalue weighted by molar-refractivity contribution is 0.299. The first kappa shape index (κ1) is 13.8. The van der Waals surface area contributed by atoms with Crippen molar-refractivity contribution >= 4 is 37.3 Å². The molecule has 2 aliphatic rings. The Morgan fingerprint density at radius 1 is 1.53 bits per heavy atom. The largest absolute Gasteiger partial charge is 0.392 e. The second-order valence-corrected chi connectivity index (χ2v) is 9.47. The molecule has 4 nitrogen and oxygen atoms in total. The van der Waals surface area contributed by atoms with Gasteiger partial charge >= 0.3 is 0 Å². The van der Waals surface area contributed by atoms with E-state index in [1.807, 2.05) is 6.08 Å². The van der Waals surface area contributed by atoms with Gasteiger partial charge in [-0.1, -0.05) is 6.08 Å². The number of sulfonamides is 1. The van der Waals surface area contributed by atoms with Crippen molar-refractivity contribution in [2.45, 2.75) is 29.0 Å². The highest BCUT2D eigenvalue weighted by Gasteiger charge is 2.48. The van der Waals surface area contributed by atoms with Gasteiger partial charge < -0.3 is 5.11 Å². The molecule has 0 aromatic carbocycles. The van der Waals surface area contributed by atoms with Crippen molar-refractivity contribution in [2.24, 2.45) is 5.92 Å². The summed E-state index contributed by atoms with van der Waals surface area (Å²) >= 11 is 4.47. The highest BCUT2D eigenvalue weighted by molar-refractivity contribution is 9.11. The minimum Gasteiger partial charge on any atom is -0.392 e. The summed E-state index contributed by atoms with van der Waals surface area (Å²) < 4.78 is 28.8. The molecule has 1 heterocycles. The lowest BCUT2D eigenvalue weighted by atomic mass is 9.91. The molecule has 2 atom stereocenters. The Balaban J connectivity index is 1.91. The summed E-state index contributed by atoms with van der Waals surface area (Å²) in [5, 5.41) is 9.42. The Morgan fingerprint density at radius 3 is 2.89 bits per heavy atom. The van der Waals surface area contributed by atoms with Crippen LogP contribution in [0.15, 0.2) is 31.8 Å². The first-order chi connectivity index (χ1) is 8.95. The molecule has 2 bridgehead atoms. The molecule has 2 aliphatic carbocycles. The van der Waals surface area contributed by atoms with Gasteiger partial charge in [0.05, 0.1) is 15.9 Å². The van der Waals surface area contributed by atoms with Crippen LogP contribution in [0.3, 0.4) is 0 Å². The lowest BCUT2D eigenvalue weighted by Crippen LogP contribution is -2.47. The smallest absolute Gasteiger partial charge is 0.250 e. The monoisotopic (exact) mass is 363 g/mol. The van der Waals surface area contributed by atoms with Crippen LogP contribution in [0.1, 0.15) is 19.3 Å². The Hall–Kier alpha value is -0.210. The first-order valence-corrected chi connectivity index (χ1v) is 9.16. The summed E-state index contributed by atoms with van der Waals surface area (Å²) in [7, 11) is -3.52. The summed E-state index contributed by atoms with van der Waals surface area (Å²) in [6.07, 6.45) is 4.56. The van der Waals surface area contributed by atoms with Crippen LogP contribution in [0.2, 0.25) is 0 Å². The topological polar surface area (TPSA) is 66.4 Å². The zero-order chi connectivity index (χ0) is 13.7. The van der Waals surface area contributed by atoms with Gasteiger partial charge in [0.15, 0.2) is 0 Å². The molecule has 2 unspecified atom stereocenters. The molecule has 0 radical (unpaired) electrons. The van der Waals surface area contributed by atoms with Crippen molar-refractivity contribution in [3.63, 3.8) is 0 Å². The van der Waals surface area contributed by atoms with Crippen LogP contribution in [0.25, 0.3) is 0 Å². The maximum atomic E-state index is 12.4. The van der Waals surface area contributed by atoms with Gasteiger partial charge in [0.1, 0.15) is 4.21 Å². The van der Waals surface area contributed by atoms with Crippen molar-refractivity contribution < 1.29 is 13.5 Å². The third-order valence-electron chi connectivity index (χ3n) is 3.92. The van der Waals surface area contributed by atoms with E-state index in [4.69, 9.17) is 0 Å². The molecule has 7 heteroatoms. The summed E-state index contributed by atoms with van der Waals surface area (Å²) in [6, 6.07) is 3.32. The summed E-state index contributed by atoms with van der Waals surface area (Å²) in [5.74, 6) is 0.403. The van der Waals surface area contributed by atoms with E-state index in [2.05, 4.69) is 20.7 Å². The molecule has 1 aromatic rings. The van der Waals surface area contributed by atoms with Gasteiger partial charge in [-0.15, -0.1) is 11.3 Å². The highest BCUT2D eigenvalue weighted by Crippen LogP contribution is 2.47. The predicted octanol–water partition coefficient (Wildman–Crippen LogP) is 2.26. The predicted molar refractivity (Wildman–Crippen MR) is 77.6 cm³/mol. The molecule has 0 aliphatic heterocycles. The molecule has 1 fully saturated rings. The molecule has 19 heavy (non-hydrogen) atoms. The zero-order valence-corrected chi connectivity index (χ0v) is 13.3. The van der Waals surface area contributed by atoms with Crippen LogP contribution in [-0.4, -0.2) is 25.7 Å². The molecule has 104 valence electrons. The molecule has 0 amide bonds. The van der Waals surface area contributed by atoms with Gasteiger partial charge in [-0.2, -0.15) is 0 Å². The normalized spacial score (nSPS) is 29.8. The molecule has 1 saturated carbocycles. The average Bonchev–Trinajstić information content (AvgIpc) is 3.01. The minimum atomic E-state index is -3.52. The highest BCUT2D eigenvalue weighted by atomic mass is 79.9. The standard InChI is InChI=1S/C12H14BrNO3S2/c13-10-1-2-11(18-10)19(16,17)14-12-4-3-8(6-12)5-9(12)7-15/h1-2,5,8,14-15H,3-4,6-7H2. The summed E-state index contributed by atoms with van der Waals surface area (Å²) in [5.41, 5.74) is 0.261. The zero-order valence-electron chi connectivity index (χ0n) is 10.1. The number of halogens is 1. The second-order valence-electron chi connectivity index (χ2n) is 5.10. The minimum absolute atomic E-state index is 0.0762. The van der Waals surface area contributed by atoms with Gasteiger partial charge in [0.25, 0.3) is 10.0 Å². The van der Waals surface area contributed by atoms with Gasteiger partial charge in [0, 0.05) is 0 Å². The lowest BCUT2D eigenvalue weighted by Gasteiger charge is -2.30. The van der Waals surface area contributed by atoms with E-state index in [-0.39, 0.29) is 6.61 Å². The fourth-order valence-corrected chi connectivity index (χ4v) is 6.53. The SMILES string of the molecule is O=S(=O)(NC12CCC(C=C1CO)C2)c1ccc(Br)s1. The Morgan fingerprint density at radius 2 is 2.32 bits per heavy atom. The van der Waals surface area contributed by atoms with E-state index in [9.17, 15) is 13.5 Å². The Labute approximate surface area is 124 Å². The van der Waals surface area contributed by atoms with E-state index in [0.29, 0.717) is 10.1 Å². The first-order valence-electron chi connectivity index (χ1n) is 6.06. The number of aliphatic hydroxyl groups is 1. The van der Waals surface area contributed by atoms with Gasteiger partial charge in [-0.25, -0.2) is 13.1 Å². The number of aliphatic hydroxyl groups excluding tert-OH is 1. The van der Waals surface area contributed by atoms with Crippen LogP contribution < -0.4 is 4.72 Å². The van der Waals surface area contributed by atoms with Crippen molar-refractivity contribution in [3.05, 3.63) is 27.6 Å². The van der Waals surface area contributed by atoms with Gasteiger partial charge in [-0.3, -0.25) is 0 Å². The van der Waals surface area contributed by atoms with Crippen LogP contribution in [0, 0.1) is 5.92 Å². The second kappa shape index (κ2) is 4.66. The molecule has 3 rings (SSSR count). The fourth-order valence-electron chi connectivity index (χ4n) is 3.07. The summed E-state index contributed by atoms with van der Waals surface area (Å²) in [6.45, 7) is -0.0762. The van der Waals surface area contributed by atoms with Crippen molar-refractivity contribution in [1.29, 1.82) is 0 Å². The molecule has 0 saturated heterocycles. The summed E-state index contributed by atoms with van der Waals surface area (Å²) in [4.78, 5) is 0. The Kier molecular flexibility index (Phi) is 3.38. The number of allylic oxidation sites excluding steroid dienone is 1. The van der Waals surface area contributed by atoms with Gasteiger partial charge in [0.2, 0.25) is 0 Å². The number of hydrogen-bond donors (Lipinski definition) is 2. The van der Waals surface area contributed by atoms with Crippen LogP contribution >= 0.6 is 27.3 Å². The van der Waals surface area contributed by atoms with Crippen molar-refractivity contribution in [3.8, 4) is 0 Å². The number of rotatable bonds is 4. The van der Waals surface area contributed by atoms with Crippen LogP contribution in [0.4, 0.5) is 0 Å². The quantitative estimate of drug-likeness (QED) is 0.806. The number of nitrogens with one attached hydrogen (secondary N) is 1. The third-order valence-corrected chi connectivity index (χ3v) is 7.57. The van der Waals surface area contributed by atoms with E-state index in [0.717, 1.165) is 28.6 Å². The number of fused-ring (bicyclic) bond motifs is 2. The van der Waals surface area contributed by atoms with E-state index < -0.39 is 15.6 Å². The molecular weight excluding hydrogens is 350 g/mol. The van der Waals surface area contributed by atoms with Crippen molar-refractivity contribution in [1.82, 2.24) is 4.72 Å². The third kappa shape index (κ3) is 2.31. The van der Waals surface area contributed by atoms with E-state index in [1.165, 1.54) is 11.3 Å². The number of thiophene rings is 1. The fraction of sp³-hybridized carbons (Fsp3) is 0.500. The maximum absolute atomic E-state index is 12.4. The van der Waals surface area contributed by atoms with Crippen molar-refractivity contribution in [2.75, 3.05) is 6.61 Å².